The maximum atomic E-state index is 13.5. The van der Waals surface area contributed by atoms with E-state index in [1.165, 1.54) is 18.2 Å². The Morgan fingerprint density at radius 2 is 2.04 bits per heavy atom. The molecule has 5 nitrogen and oxygen atoms in total. The van der Waals surface area contributed by atoms with Gasteiger partial charge < -0.3 is 15.2 Å². The number of rotatable bonds is 4. The predicted octanol–water partition coefficient (Wildman–Crippen LogP) is 3.29. The van der Waals surface area contributed by atoms with Crippen LogP contribution in [-0.2, 0) is 9.53 Å². The minimum atomic E-state index is -0.854. The smallest absolute Gasteiger partial charge is 0.342 e. The van der Waals surface area contributed by atoms with Gasteiger partial charge in [0.1, 0.15) is 17.1 Å². The van der Waals surface area contributed by atoms with Gasteiger partial charge in [-0.3, -0.25) is 4.79 Å². The number of nitrogens with one attached hydrogen (secondary N) is 1. The van der Waals surface area contributed by atoms with Crippen LogP contribution in [0.5, 0.6) is 5.75 Å². The van der Waals surface area contributed by atoms with E-state index in [1.807, 2.05) is 0 Å². The molecule has 1 amide bonds. The van der Waals surface area contributed by atoms with E-state index in [9.17, 15) is 19.1 Å². The van der Waals surface area contributed by atoms with Crippen molar-refractivity contribution < 1.29 is 23.8 Å². The molecule has 2 aromatic rings. The molecule has 2 N–H and O–H groups in total. The van der Waals surface area contributed by atoms with Gasteiger partial charge in [-0.15, -0.1) is 0 Å². The fourth-order valence-electron chi connectivity index (χ4n) is 1.81. The van der Waals surface area contributed by atoms with E-state index >= 15 is 0 Å². The highest BCUT2D eigenvalue weighted by Crippen LogP contribution is 2.22. The highest BCUT2D eigenvalue weighted by Gasteiger charge is 2.16. The van der Waals surface area contributed by atoms with Gasteiger partial charge in [-0.2, -0.15) is 0 Å². The van der Waals surface area contributed by atoms with Gasteiger partial charge in [0.25, 0.3) is 5.91 Å². The highest BCUT2D eigenvalue weighted by atomic mass is 35.5. The number of aryl methyl sites for hydroxylation is 1. The number of benzene rings is 2. The van der Waals surface area contributed by atoms with E-state index in [2.05, 4.69) is 5.32 Å². The van der Waals surface area contributed by atoms with Gasteiger partial charge in [-0.25, -0.2) is 9.18 Å². The maximum Gasteiger partial charge on any atom is 0.342 e. The SMILES string of the molecule is Cc1cccc(C(=O)OCC(=O)Nc2cc(Cl)ccc2F)c1O. The fraction of sp³-hybridized carbons (Fsp3) is 0.125. The first-order chi connectivity index (χ1) is 10.9. The van der Waals surface area contributed by atoms with Gasteiger partial charge in [0, 0.05) is 5.02 Å². The second-order valence-electron chi connectivity index (χ2n) is 4.72. The number of phenols is 1. The lowest BCUT2D eigenvalue weighted by Gasteiger charge is -2.09. The first-order valence-corrected chi connectivity index (χ1v) is 6.97. The standard InChI is InChI=1S/C16H13ClFNO4/c1-9-3-2-4-11(15(9)21)16(22)23-8-14(20)19-13-7-10(17)5-6-12(13)18/h2-7,21H,8H2,1H3,(H,19,20). The van der Waals surface area contributed by atoms with E-state index in [0.29, 0.717) is 5.56 Å². The summed E-state index contributed by atoms with van der Waals surface area (Å²) < 4.78 is 18.3. The molecule has 2 aromatic carbocycles. The number of anilines is 1. The summed E-state index contributed by atoms with van der Waals surface area (Å²) in [6, 6.07) is 8.26. The molecule has 0 unspecified atom stereocenters. The average Bonchev–Trinajstić information content (AvgIpc) is 2.51. The third kappa shape index (κ3) is 4.20. The Balaban J connectivity index is 1.98. The van der Waals surface area contributed by atoms with Crippen LogP contribution in [0.2, 0.25) is 5.02 Å². The number of esters is 1. The Morgan fingerprint density at radius 1 is 1.30 bits per heavy atom. The van der Waals surface area contributed by atoms with Crippen LogP contribution in [0.1, 0.15) is 15.9 Å². The summed E-state index contributed by atoms with van der Waals surface area (Å²) in [6.07, 6.45) is 0. The predicted molar refractivity (Wildman–Crippen MR) is 83.2 cm³/mol. The van der Waals surface area contributed by atoms with Crippen LogP contribution in [0.15, 0.2) is 36.4 Å². The normalized spacial score (nSPS) is 10.2. The van der Waals surface area contributed by atoms with Crippen molar-refractivity contribution >= 4 is 29.2 Å². The van der Waals surface area contributed by atoms with Crippen molar-refractivity contribution in [2.24, 2.45) is 0 Å². The molecule has 0 aliphatic heterocycles. The van der Waals surface area contributed by atoms with Gasteiger partial charge in [-0.1, -0.05) is 23.7 Å². The lowest BCUT2D eigenvalue weighted by atomic mass is 10.1. The molecule has 0 aromatic heterocycles. The van der Waals surface area contributed by atoms with Crippen molar-refractivity contribution in [1.82, 2.24) is 0 Å². The second kappa shape index (κ2) is 7.11. The third-order valence-electron chi connectivity index (χ3n) is 2.99. The van der Waals surface area contributed by atoms with Gasteiger partial charge in [0.2, 0.25) is 0 Å². The molecule has 2 rings (SSSR count). The van der Waals surface area contributed by atoms with Crippen LogP contribution in [-0.4, -0.2) is 23.6 Å². The Kier molecular flexibility index (Phi) is 5.18. The lowest BCUT2D eigenvalue weighted by Crippen LogP contribution is -2.21. The van der Waals surface area contributed by atoms with Crippen molar-refractivity contribution in [3.63, 3.8) is 0 Å². The van der Waals surface area contributed by atoms with Gasteiger partial charge in [-0.05, 0) is 36.8 Å². The van der Waals surface area contributed by atoms with Crippen LogP contribution in [0.4, 0.5) is 10.1 Å². The molecule has 0 saturated carbocycles. The molecule has 7 heteroatoms. The summed E-state index contributed by atoms with van der Waals surface area (Å²) in [4.78, 5) is 23.5. The van der Waals surface area contributed by atoms with Crippen LogP contribution in [0.25, 0.3) is 0 Å². The molecule has 120 valence electrons. The Morgan fingerprint density at radius 3 is 2.78 bits per heavy atom. The average molecular weight is 338 g/mol. The molecule has 0 radical (unpaired) electrons. The Labute approximate surface area is 136 Å². The summed E-state index contributed by atoms with van der Waals surface area (Å²) in [5, 5.41) is 12.3. The number of hydrogen-bond donors (Lipinski definition) is 2. The van der Waals surface area contributed by atoms with Crippen LogP contribution in [0.3, 0.4) is 0 Å². The zero-order valence-corrected chi connectivity index (χ0v) is 12.9. The third-order valence-corrected chi connectivity index (χ3v) is 3.23. The Hall–Kier alpha value is -2.60. The monoisotopic (exact) mass is 337 g/mol. The molecule has 0 heterocycles. The number of ether oxygens (including phenoxy) is 1. The largest absolute Gasteiger partial charge is 0.507 e. The Bertz CT molecular complexity index is 764. The molecular formula is C16H13ClFNO4. The van der Waals surface area contributed by atoms with Gasteiger partial charge >= 0.3 is 5.97 Å². The van der Waals surface area contributed by atoms with Gasteiger partial charge in [0.15, 0.2) is 6.61 Å². The van der Waals surface area contributed by atoms with Crippen molar-refractivity contribution in [2.45, 2.75) is 6.92 Å². The zero-order valence-electron chi connectivity index (χ0n) is 12.1. The number of amides is 1. The molecule has 0 spiro atoms. The van der Waals surface area contributed by atoms with Crippen LogP contribution in [0, 0.1) is 12.7 Å². The summed E-state index contributed by atoms with van der Waals surface area (Å²) in [5.41, 5.74) is 0.341. The topological polar surface area (TPSA) is 75.6 Å². The van der Waals surface area contributed by atoms with Crippen molar-refractivity contribution in [3.05, 3.63) is 58.4 Å². The lowest BCUT2D eigenvalue weighted by molar-refractivity contribution is -0.119. The molecule has 23 heavy (non-hydrogen) atoms. The number of phenolic OH excluding ortho intramolecular Hbond substituents is 1. The van der Waals surface area contributed by atoms with E-state index in [0.717, 1.165) is 6.07 Å². The van der Waals surface area contributed by atoms with E-state index in [4.69, 9.17) is 16.3 Å². The number of aromatic hydroxyl groups is 1. The van der Waals surface area contributed by atoms with Crippen LogP contribution >= 0.6 is 11.6 Å². The number of para-hydroxylation sites is 1. The van der Waals surface area contributed by atoms with E-state index in [-0.39, 0.29) is 22.0 Å². The number of halogens is 2. The molecule has 0 aliphatic carbocycles. The van der Waals surface area contributed by atoms with Crippen LogP contribution < -0.4 is 5.32 Å². The maximum absolute atomic E-state index is 13.5. The van der Waals surface area contributed by atoms with Crippen molar-refractivity contribution in [1.29, 1.82) is 0 Å². The molecule has 0 atom stereocenters. The van der Waals surface area contributed by atoms with Gasteiger partial charge in [0.05, 0.1) is 5.69 Å². The van der Waals surface area contributed by atoms with Crippen molar-refractivity contribution in [2.75, 3.05) is 11.9 Å². The highest BCUT2D eigenvalue weighted by molar-refractivity contribution is 6.30. The molecule has 0 fully saturated rings. The fourth-order valence-corrected chi connectivity index (χ4v) is 1.98. The number of hydrogen-bond acceptors (Lipinski definition) is 4. The quantitative estimate of drug-likeness (QED) is 0.839. The molecule has 0 aliphatic rings. The second-order valence-corrected chi connectivity index (χ2v) is 5.16. The molecule has 0 saturated heterocycles. The summed E-state index contributed by atoms with van der Waals surface area (Å²) in [5.74, 6) is -2.45. The summed E-state index contributed by atoms with van der Waals surface area (Å²) >= 11 is 5.71. The summed E-state index contributed by atoms with van der Waals surface area (Å²) in [6.45, 7) is 0.999. The number of carbonyl (C=O) groups is 2. The van der Waals surface area contributed by atoms with E-state index in [1.54, 1.807) is 19.1 Å². The molecular weight excluding hydrogens is 325 g/mol. The van der Waals surface area contributed by atoms with E-state index < -0.39 is 24.3 Å². The zero-order chi connectivity index (χ0) is 17.0. The minimum absolute atomic E-state index is 0.0493. The number of carbonyl (C=O) groups excluding carboxylic acids is 2. The first-order valence-electron chi connectivity index (χ1n) is 6.59. The first kappa shape index (κ1) is 16.8. The van der Waals surface area contributed by atoms with Crippen molar-refractivity contribution in [3.8, 4) is 5.75 Å². The molecule has 0 bridgehead atoms. The minimum Gasteiger partial charge on any atom is -0.507 e. The summed E-state index contributed by atoms with van der Waals surface area (Å²) in [7, 11) is 0.